The number of carboxylic acid groups (broad SMARTS) is 1. The minimum Gasteiger partial charge on any atom is -0.481 e. The number of alkyl halides is 3. The molecule has 1 aliphatic carbocycles. The van der Waals surface area contributed by atoms with Gasteiger partial charge in [-0.25, -0.2) is 0 Å². The van der Waals surface area contributed by atoms with Gasteiger partial charge in [0.1, 0.15) is 11.9 Å². The summed E-state index contributed by atoms with van der Waals surface area (Å²) in [4.78, 5) is 38.4. The number of ketones is 2. The summed E-state index contributed by atoms with van der Waals surface area (Å²) >= 11 is 0. The molecule has 3 aliphatic rings. The molecule has 0 spiro atoms. The van der Waals surface area contributed by atoms with E-state index < -0.39 is 65.9 Å². The first kappa shape index (κ1) is 32.2. The molecule has 16 heteroatoms. The van der Waals surface area contributed by atoms with E-state index in [0.29, 0.717) is 12.0 Å². The maximum absolute atomic E-state index is 13.3. The highest BCUT2D eigenvalue weighted by molar-refractivity contribution is 6.09. The molecule has 4 rings (SSSR count). The van der Waals surface area contributed by atoms with E-state index in [1.54, 1.807) is 0 Å². The lowest BCUT2D eigenvalue weighted by atomic mass is 9.85. The van der Waals surface area contributed by atoms with E-state index in [2.05, 4.69) is 20.3 Å². The van der Waals surface area contributed by atoms with Crippen molar-refractivity contribution < 1.29 is 52.3 Å². The van der Waals surface area contributed by atoms with E-state index >= 15 is 0 Å². The summed E-state index contributed by atoms with van der Waals surface area (Å²) in [6.45, 7) is -0.334. The maximum atomic E-state index is 13.3. The SMILES string of the molecule is [N-]=[N+]=NC[C@@H]1O[C@H](OCC/C=C\C(=O)[C@H]2C(=O)CC[C@@H]2CC(=O)O)[C@@H](Cc2ccc(C3(C(F)(F)F)N=N3)cc2)[C@H](O)[C@@H]1O. The molecular weight excluding hydrogens is 579 g/mol. The third-order valence-corrected chi connectivity index (χ3v) is 7.85. The molecule has 0 bridgehead atoms. The number of Topliss-reactive ketones (excluding diaryl/α,β-unsaturated/α-hetero) is 1. The Balaban J connectivity index is 1.40. The summed E-state index contributed by atoms with van der Waals surface area (Å²) in [5.41, 5.74) is 6.42. The van der Waals surface area contributed by atoms with Gasteiger partial charge in [0.25, 0.3) is 0 Å². The monoisotopic (exact) mass is 609 g/mol. The summed E-state index contributed by atoms with van der Waals surface area (Å²) in [6.07, 6.45) is -6.69. The molecule has 0 aromatic heterocycles. The second-order valence-corrected chi connectivity index (χ2v) is 10.7. The van der Waals surface area contributed by atoms with E-state index in [1.807, 2.05) is 0 Å². The third-order valence-electron chi connectivity index (χ3n) is 7.85. The molecule has 0 unspecified atom stereocenters. The Hall–Kier alpha value is -3.69. The number of carboxylic acids is 1. The molecule has 7 atom stereocenters. The van der Waals surface area contributed by atoms with Crippen LogP contribution in [-0.4, -0.2) is 76.8 Å². The van der Waals surface area contributed by atoms with Crippen molar-refractivity contribution in [3.05, 3.63) is 58.0 Å². The topological polar surface area (TPSA) is 204 Å². The molecular formula is C27H30F3N5O8. The second kappa shape index (κ2) is 13.3. The van der Waals surface area contributed by atoms with Crippen LogP contribution in [0.15, 0.2) is 51.8 Å². The lowest BCUT2D eigenvalue weighted by molar-refractivity contribution is -0.277. The van der Waals surface area contributed by atoms with Gasteiger partial charge in [0.15, 0.2) is 12.1 Å². The van der Waals surface area contributed by atoms with Crippen LogP contribution < -0.4 is 0 Å². The van der Waals surface area contributed by atoms with Crippen LogP contribution in [0.5, 0.6) is 0 Å². The number of ether oxygens (including phenoxy) is 2. The minimum atomic E-state index is -4.68. The van der Waals surface area contributed by atoms with Crippen LogP contribution in [0.25, 0.3) is 10.4 Å². The summed E-state index contributed by atoms with van der Waals surface area (Å²) in [5.74, 6) is -4.31. The molecule has 1 aromatic rings. The van der Waals surface area contributed by atoms with Gasteiger partial charge in [-0.15, -0.1) is 10.2 Å². The van der Waals surface area contributed by atoms with Gasteiger partial charge in [0.2, 0.25) is 0 Å². The smallest absolute Gasteiger partial charge is 0.442 e. The van der Waals surface area contributed by atoms with Gasteiger partial charge < -0.3 is 24.8 Å². The van der Waals surface area contributed by atoms with Crippen molar-refractivity contribution >= 4 is 17.5 Å². The molecule has 2 heterocycles. The number of halogens is 3. The summed E-state index contributed by atoms with van der Waals surface area (Å²) in [5, 5.41) is 40.2. The molecule has 0 radical (unpaired) electrons. The number of nitrogens with zero attached hydrogens (tertiary/aromatic N) is 5. The molecule has 1 aromatic carbocycles. The van der Waals surface area contributed by atoms with Crippen molar-refractivity contribution in [2.24, 2.45) is 33.1 Å². The molecule has 232 valence electrons. The van der Waals surface area contributed by atoms with Gasteiger partial charge in [-0.1, -0.05) is 35.5 Å². The second-order valence-electron chi connectivity index (χ2n) is 10.7. The number of aliphatic hydroxyl groups excluding tert-OH is 2. The molecule has 1 saturated heterocycles. The number of azide groups is 1. The fraction of sp³-hybridized carbons (Fsp3) is 0.593. The maximum Gasteiger partial charge on any atom is 0.442 e. The van der Waals surface area contributed by atoms with Crippen LogP contribution in [0.3, 0.4) is 0 Å². The Morgan fingerprint density at radius 3 is 2.51 bits per heavy atom. The highest BCUT2D eigenvalue weighted by Crippen LogP contribution is 2.52. The highest BCUT2D eigenvalue weighted by Gasteiger charge is 2.65. The first-order chi connectivity index (χ1) is 20.4. The van der Waals surface area contributed by atoms with Crippen molar-refractivity contribution in [3.8, 4) is 0 Å². The van der Waals surface area contributed by atoms with Gasteiger partial charge in [-0.3, -0.25) is 14.4 Å². The number of carbonyl (C=O) groups is 3. The number of benzene rings is 1. The highest BCUT2D eigenvalue weighted by atomic mass is 19.4. The third kappa shape index (κ3) is 7.28. The molecule has 0 amide bonds. The van der Waals surface area contributed by atoms with E-state index in [0.717, 1.165) is 0 Å². The van der Waals surface area contributed by atoms with Gasteiger partial charge >= 0.3 is 17.8 Å². The Morgan fingerprint density at radius 2 is 1.91 bits per heavy atom. The van der Waals surface area contributed by atoms with E-state index in [-0.39, 0.29) is 50.2 Å². The Kier molecular flexibility index (Phi) is 9.97. The fourth-order valence-corrected chi connectivity index (χ4v) is 5.53. The molecule has 43 heavy (non-hydrogen) atoms. The number of aliphatic carboxylic acids is 1. The molecule has 2 fully saturated rings. The standard InChI is InChI=1S/C27H30F3N5O8/c28-27(29,30)26(33-34-26)16-7-4-14(5-8-16)11-17-23(40)24(41)20(13-32-35-31)43-25(17)42-10-2-1-3-18(36)22-15(12-21(38)39)6-9-19(22)37/h1,3-5,7-8,15,17,20,22-25,40-41H,2,6,9-13H2,(H,38,39)/b3-1-/t15-,17+,20+,22+,23+,24-,25+/m1/s1. The number of hydrogen-bond acceptors (Lipinski definition) is 10. The number of hydrogen-bond donors (Lipinski definition) is 3. The first-order valence-corrected chi connectivity index (χ1v) is 13.6. The van der Waals surface area contributed by atoms with E-state index in [9.17, 15) is 37.8 Å². The Bertz CT molecular complexity index is 1310. The van der Waals surface area contributed by atoms with E-state index in [4.69, 9.17) is 20.1 Å². The van der Waals surface area contributed by atoms with Crippen LogP contribution in [0.1, 0.15) is 36.8 Å². The Labute approximate surface area is 243 Å². The zero-order valence-corrected chi connectivity index (χ0v) is 22.7. The minimum absolute atomic E-state index is 0.0325. The first-order valence-electron chi connectivity index (χ1n) is 13.6. The zero-order chi connectivity index (χ0) is 31.4. The van der Waals surface area contributed by atoms with Crippen molar-refractivity contribution in [2.45, 2.75) is 68.5 Å². The number of allylic oxidation sites excluding steroid dienone is 1. The predicted molar refractivity (Wildman–Crippen MR) is 139 cm³/mol. The van der Waals surface area contributed by atoms with Gasteiger partial charge in [-0.2, -0.15) is 13.2 Å². The van der Waals surface area contributed by atoms with Crippen molar-refractivity contribution in [3.63, 3.8) is 0 Å². The predicted octanol–water partition coefficient (Wildman–Crippen LogP) is 3.39. The van der Waals surface area contributed by atoms with Crippen LogP contribution in [-0.2, 0) is 35.9 Å². The van der Waals surface area contributed by atoms with Gasteiger partial charge in [0.05, 0.1) is 31.3 Å². The van der Waals surface area contributed by atoms with Gasteiger partial charge in [0, 0.05) is 29.2 Å². The van der Waals surface area contributed by atoms with Crippen LogP contribution >= 0.6 is 0 Å². The van der Waals surface area contributed by atoms with Crippen molar-refractivity contribution in [1.82, 2.24) is 0 Å². The normalized spacial score (nSPS) is 29.9. The van der Waals surface area contributed by atoms with Gasteiger partial charge in [-0.05, 0) is 42.4 Å². The van der Waals surface area contributed by atoms with E-state index in [1.165, 1.54) is 36.4 Å². The summed E-state index contributed by atoms with van der Waals surface area (Å²) in [7, 11) is 0. The molecule has 13 nitrogen and oxygen atoms in total. The average Bonchev–Trinajstić information content (AvgIpc) is 3.70. The Morgan fingerprint density at radius 1 is 1.21 bits per heavy atom. The number of aliphatic hydroxyl groups is 2. The average molecular weight is 610 g/mol. The molecule has 3 N–H and O–H groups in total. The van der Waals surface area contributed by atoms with Crippen molar-refractivity contribution in [1.29, 1.82) is 0 Å². The lowest BCUT2D eigenvalue weighted by Crippen LogP contribution is -2.56. The van der Waals surface area contributed by atoms with Crippen LogP contribution in [0, 0.1) is 17.8 Å². The van der Waals surface area contributed by atoms with Crippen LogP contribution in [0.2, 0.25) is 0 Å². The summed E-state index contributed by atoms with van der Waals surface area (Å²) < 4.78 is 51.6. The zero-order valence-electron chi connectivity index (χ0n) is 22.7. The number of carbonyl (C=O) groups excluding carboxylic acids is 2. The molecule has 1 saturated carbocycles. The van der Waals surface area contributed by atoms with Crippen molar-refractivity contribution in [2.75, 3.05) is 13.2 Å². The lowest BCUT2D eigenvalue weighted by Gasteiger charge is -2.42. The summed E-state index contributed by atoms with van der Waals surface area (Å²) in [6, 6.07) is 5.30. The molecule has 2 aliphatic heterocycles. The quantitative estimate of drug-likeness (QED) is 0.0753. The largest absolute Gasteiger partial charge is 0.481 e. The van der Waals surface area contributed by atoms with Crippen LogP contribution in [0.4, 0.5) is 13.2 Å². The number of rotatable bonds is 13. The fourth-order valence-electron chi connectivity index (χ4n) is 5.53.